The molecule has 0 spiro atoms. The summed E-state index contributed by atoms with van der Waals surface area (Å²) in [5.41, 5.74) is 10.5. The van der Waals surface area contributed by atoms with Gasteiger partial charge in [-0.1, -0.05) is 0 Å². The number of carbonyl (C=O) groups is 2. The van der Waals surface area contributed by atoms with Crippen LogP contribution in [0.15, 0.2) is 0 Å². The third kappa shape index (κ3) is 4.64. The molecule has 0 aliphatic rings. The first-order valence-electron chi connectivity index (χ1n) is 3.55. The molecule has 0 fully saturated rings. The van der Waals surface area contributed by atoms with E-state index in [1.54, 1.807) is 0 Å². The van der Waals surface area contributed by atoms with E-state index in [2.05, 4.69) is 0 Å². The van der Waals surface area contributed by atoms with Gasteiger partial charge < -0.3 is 16.3 Å². The van der Waals surface area contributed by atoms with Gasteiger partial charge in [0.2, 0.25) is 0 Å². The lowest BCUT2D eigenvalue weighted by atomic mass is 10.1. The lowest BCUT2D eigenvalue weighted by Crippen LogP contribution is -2.37. The van der Waals surface area contributed by atoms with E-state index < -0.39 is 6.04 Å². The predicted octanol–water partition coefficient (Wildman–Crippen LogP) is -0.789. The Morgan fingerprint density at radius 3 is 2.27 bits per heavy atom. The van der Waals surface area contributed by atoms with Gasteiger partial charge in [-0.05, 0) is 6.92 Å². The third-order valence-electron chi connectivity index (χ3n) is 1.39. The zero-order valence-corrected chi connectivity index (χ0v) is 6.67. The Hall–Kier alpha value is -0.740. The molecule has 1 unspecified atom stereocenters. The minimum atomic E-state index is -0.602. The molecule has 4 heteroatoms. The van der Waals surface area contributed by atoms with Gasteiger partial charge in [-0.2, -0.15) is 0 Å². The number of Topliss-reactive ketones (excluding diaryl/α,β-unsaturated/α-hetero) is 2. The van der Waals surface area contributed by atoms with Gasteiger partial charge in [-0.25, -0.2) is 0 Å². The highest BCUT2D eigenvalue weighted by molar-refractivity contribution is 5.88. The van der Waals surface area contributed by atoms with Crippen LogP contribution < -0.4 is 11.5 Å². The van der Waals surface area contributed by atoms with Crippen molar-refractivity contribution in [2.75, 3.05) is 6.54 Å². The van der Waals surface area contributed by atoms with Crippen molar-refractivity contribution in [3.63, 3.8) is 0 Å². The maximum absolute atomic E-state index is 10.9. The highest BCUT2D eigenvalue weighted by atomic mass is 16.1. The van der Waals surface area contributed by atoms with Gasteiger partial charge in [0.05, 0.1) is 6.04 Å². The van der Waals surface area contributed by atoms with Gasteiger partial charge in [0.25, 0.3) is 0 Å². The topological polar surface area (TPSA) is 86.2 Å². The average molecular weight is 158 g/mol. The lowest BCUT2D eigenvalue weighted by molar-refractivity contribution is -0.123. The molecule has 4 nitrogen and oxygen atoms in total. The summed E-state index contributed by atoms with van der Waals surface area (Å²) in [4.78, 5) is 21.4. The summed E-state index contributed by atoms with van der Waals surface area (Å²) in [6.07, 6.45) is 0.486. The molecule has 0 rings (SSSR count). The third-order valence-corrected chi connectivity index (χ3v) is 1.39. The highest BCUT2D eigenvalue weighted by Gasteiger charge is 2.11. The van der Waals surface area contributed by atoms with Crippen LogP contribution in [0.1, 0.15) is 19.8 Å². The molecule has 0 aromatic carbocycles. The quantitative estimate of drug-likeness (QED) is 0.549. The Labute approximate surface area is 65.9 Å². The van der Waals surface area contributed by atoms with Gasteiger partial charge in [0, 0.05) is 19.4 Å². The molecule has 0 aromatic rings. The normalized spacial score (nSPS) is 12.6. The van der Waals surface area contributed by atoms with Crippen molar-refractivity contribution in [2.45, 2.75) is 25.8 Å². The van der Waals surface area contributed by atoms with E-state index in [1.165, 1.54) is 6.92 Å². The molecule has 0 radical (unpaired) electrons. The lowest BCUT2D eigenvalue weighted by Gasteiger charge is -2.05. The monoisotopic (exact) mass is 158 g/mol. The molecule has 11 heavy (non-hydrogen) atoms. The highest BCUT2D eigenvalue weighted by Crippen LogP contribution is 1.94. The van der Waals surface area contributed by atoms with Gasteiger partial charge in [-0.3, -0.25) is 4.79 Å². The Morgan fingerprint density at radius 2 is 1.91 bits per heavy atom. The number of ketones is 2. The Bertz CT molecular complexity index is 157. The molecule has 0 saturated heterocycles. The molecule has 0 aliphatic carbocycles. The maximum atomic E-state index is 10.9. The van der Waals surface area contributed by atoms with Crippen LogP contribution in [0.4, 0.5) is 0 Å². The maximum Gasteiger partial charge on any atom is 0.151 e. The van der Waals surface area contributed by atoms with Crippen LogP contribution in [0.5, 0.6) is 0 Å². The fourth-order valence-corrected chi connectivity index (χ4v) is 0.616. The fraction of sp³-hybridized carbons (Fsp3) is 0.714. The van der Waals surface area contributed by atoms with Crippen LogP contribution in [-0.4, -0.2) is 24.2 Å². The van der Waals surface area contributed by atoms with Crippen molar-refractivity contribution in [3.05, 3.63) is 0 Å². The van der Waals surface area contributed by atoms with Gasteiger partial charge in [-0.15, -0.1) is 0 Å². The molecule has 0 amide bonds. The molecule has 0 aliphatic heterocycles. The van der Waals surface area contributed by atoms with Crippen LogP contribution in [0.2, 0.25) is 0 Å². The zero-order valence-electron chi connectivity index (χ0n) is 6.67. The van der Waals surface area contributed by atoms with E-state index in [0.29, 0.717) is 0 Å². The van der Waals surface area contributed by atoms with Crippen molar-refractivity contribution in [1.29, 1.82) is 0 Å². The summed E-state index contributed by atoms with van der Waals surface area (Å²) in [5.74, 6) is -0.134. The Kier molecular flexibility index (Phi) is 4.65. The van der Waals surface area contributed by atoms with Crippen molar-refractivity contribution in [3.8, 4) is 0 Å². The Morgan fingerprint density at radius 1 is 1.36 bits per heavy atom. The van der Waals surface area contributed by atoms with Gasteiger partial charge in [0.15, 0.2) is 5.78 Å². The smallest absolute Gasteiger partial charge is 0.151 e. The molecule has 1 atom stereocenters. The molecule has 0 aromatic heterocycles. The summed E-state index contributed by atoms with van der Waals surface area (Å²) in [5, 5.41) is 0. The van der Waals surface area contributed by atoms with E-state index in [9.17, 15) is 9.59 Å². The first-order valence-corrected chi connectivity index (χ1v) is 3.55. The van der Waals surface area contributed by atoms with Gasteiger partial charge in [0.1, 0.15) is 5.78 Å². The predicted molar refractivity (Wildman–Crippen MR) is 42.0 cm³/mol. The number of nitrogens with two attached hydrogens (primary N) is 2. The second-order valence-electron chi connectivity index (χ2n) is 2.51. The van der Waals surface area contributed by atoms with Crippen LogP contribution >= 0.6 is 0 Å². The number of carbonyl (C=O) groups excluding carboxylic acids is 2. The molecule has 0 heterocycles. The average Bonchev–Trinajstić information content (AvgIpc) is 1.98. The Balaban J connectivity index is 3.60. The SMILES string of the molecule is CC(=O)CCC(=O)C(N)CN. The summed E-state index contributed by atoms with van der Waals surface area (Å²) in [6.45, 7) is 1.60. The van der Waals surface area contributed by atoms with E-state index in [4.69, 9.17) is 11.5 Å². The first kappa shape index (κ1) is 10.3. The van der Waals surface area contributed by atoms with Crippen molar-refractivity contribution < 1.29 is 9.59 Å². The summed E-state index contributed by atoms with van der Waals surface area (Å²) < 4.78 is 0. The number of hydrogen-bond donors (Lipinski definition) is 2. The van der Waals surface area contributed by atoms with Crippen LogP contribution in [0.25, 0.3) is 0 Å². The van der Waals surface area contributed by atoms with Crippen LogP contribution in [0, 0.1) is 0 Å². The molecule has 4 N–H and O–H groups in total. The molecule has 0 saturated carbocycles. The summed E-state index contributed by atoms with van der Waals surface area (Å²) >= 11 is 0. The molecular weight excluding hydrogens is 144 g/mol. The van der Waals surface area contributed by atoms with Crippen LogP contribution in [-0.2, 0) is 9.59 Å². The zero-order chi connectivity index (χ0) is 8.85. The minimum absolute atomic E-state index is 0.00238. The number of rotatable bonds is 5. The summed E-state index contributed by atoms with van der Waals surface area (Å²) in [6, 6.07) is -0.602. The second kappa shape index (κ2) is 4.98. The molecular formula is C7H14N2O2. The standard InChI is InChI=1S/C7H14N2O2/c1-5(10)2-3-7(11)6(9)4-8/h6H,2-4,8-9H2,1H3. The first-order chi connectivity index (χ1) is 5.07. The van der Waals surface area contributed by atoms with E-state index in [-0.39, 0.29) is 31.0 Å². The van der Waals surface area contributed by atoms with Crippen LogP contribution in [0.3, 0.4) is 0 Å². The van der Waals surface area contributed by atoms with E-state index in [0.717, 1.165) is 0 Å². The second-order valence-corrected chi connectivity index (χ2v) is 2.51. The largest absolute Gasteiger partial charge is 0.328 e. The van der Waals surface area contributed by atoms with E-state index in [1.807, 2.05) is 0 Å². The van der Waals surface area contributed by atoms with Crippen molar-refractivity contribution in [2.24, 2.45) is 11.5 Å². The van der Waals surface area contributed by atoms with Gasteiger partial charge >= 0.3 is 0 Å². The number of hydrogen-bond acceptors (Lipinski definition) is 4. The van der Waals surface area contributed by atoms with E-state index >= 15 is 0 Å². The van der Waals surface area contributed by atoms with Crippen molar-refractivity contribution >= 4 is 11.6 Å². The molecule has 0 bridgehead atoms. The summed E-state index contributed by atoms with van der Waals surface area (Å²) in [7, 11) is 0. The molecule has 64 valence electrons. The fourth-order valence-electron chi connectivity index (χ4n) is 0.616. The van der Waals surface area contributed by atoms with Crippen molar-refractivity contribution in [1.82, 2.24) is 0 Å². The minimum Gasteiger partial charge on any atom is -0.328 e.